The minimum atomic E-state index is -0.576. The SMILES string of the molecule is c1ccc(C2(c3ccccc3)c3cc(-c4nc5ccccc5o4)ccc3-c3ccc(-c4cccc5c4oc4ccccc45)cc32)cc1. The number of hydrogen-bond acceptors (Lipinski definition) is 3. The molecular weight excluding hydrogens is 574 g/mol. The molecule has 1 aliphatic carbocycles. The van der Waals surface area contributed by atoms with Crippen molar-refractivity contribution in [2.75, 3.05) is 0 Å². The number of nitrogens with zero attached hydrogens (tertiary/aromatic N) is 1. The van der Waals surface area contributed by atoms with Crippen molar-refractivity contribution >= 4 is 33.0 Å². The van der Waals surface area contributed by atoms with Crippen LogP contribution in [-0.2, 0) is 5.41 Å². The molecule has 9 aromatic rings. The van der Waals surface area contributed by atoms with E-state index in [0.29, 0.717) is 5.89 Å². The first-order chi connectivity index (χ1) is 23.3. The molecule has 0 aliphatic heterocycles. The van der Waals surface area contributed by atoms with Gasteiger partial charge in [0.15, 0.2) is 5.58 Å². The van der Waals surface area contributed by atoms with Gasteiger partial charge >= 0.3 is 0 Å². The van der Waals surface area contributed by atoms with Gasteiger partial charge in [0, 0.05) is 21.9 Å². The average Bonchev–Trinajstić information content (AvgIpc) is 3.83. The topological polar surface area (TPSA) is 39.2 Å². The standard InChI is InChI=1S/C44H27NO2/c1-3-12-30(13-4-1)44(31-14-5-2-6-15-31)37-26-28(32-17-11-18-36-35-16-7-9-20-40(35)46-42(32)36)22-24-33(37)34-25-23-29(27-38(34)44)43-45-39-19-8-10-21-41(39)47-43/h1-27H. The van der Waals surface area contributed by atoms with Crippen molar-refractivity contribution in [3.05, 3.63) is 186 Å². The monoisotopic (exact) mass is 601 g/mol. The molecule has 3 nitrogen and oxygen atoms in total. The lowest BCUT2D eigenvalue weighted by Gasteiger charge is -2.34. The average molecular weight is 602 g/mol. The van der Waals surface area contributed by atoms with Gasteiger partial charge in [-0.2, -0.15) is 0 Å². The van der Waals surface area contributed by atoms with Crippen LogP contribution in [0.5, 0.6) is 0 Å². The maximum atomic E-state index is 6.51. The first-order valence-corrected chi connectivity index (χ1v) is 16.0. The summed E-state index contributed by atoms with van der Waals surface area (Å²) in [6.07, 6.45) is 0. The third-order valence-corrected chi connectivity index (χ3v) is 9.81. The molecule has 0 atom stereocenters. The van der Waals surface area contributed by atoms with Crippen LogP contribution < -0.4 is 0 Å². The molecule has 10 rings (SSSR count). The second-order valence-corrected chi connectivity index (χ2v) is 12.3. The fraction of sp³-hybridized carbons (Fsp3) is 0.0227. The molecule has 0 saturated carbocycles. The zero-order valence-electron chi connectivity index (χ0n) is 25.4. The maximum Gasteiger partial charge on any atom is 0.227 e. The molecular formula is C44H27NO2. The fourth-order valence-electron chi connectivity index (χ4n) is 7.76. The normalized spacial score (nSPS) is 13.3. The molecule has 1 aliphatic rings. The number of benzene rings is 7. The summed E-state index contributed by atoms with van der Waals surface area (Å²) in [5.41, 5.74) is 13.3. The zero-order chi connectivity index (χ0) is 31.0. The summed E-state index contributed by atoms with van der Waals surface area (Å²) < 4.78 is 12.8. The smallest absolute Gasteiger partial charge is 0.227 e. The predicted octanol–water partition coefficient (Wildman–Crippen LogP) is 11.4. The van der Waals surface area contributed by atoms with Gasteiger partial charge in [0.25, 0.3) is 0 Å². The lowest BCUT2D eigenvalue weighted by atomic mass is 9.67. The molecule has 0 saturated heterocycles. The van der Waals surface area contributed by atoms with E-state index in [1.807, 2.05) is 36.4 Å². The summed E-state index contributed by atoms with van der Waals surface area (Å²) in [6.45, 7) is 0. The minimum Gasteiger partial charge on any atom is -0.455 e. The second-order valence-electron chi connectivity index (χ2n) is 12.3. The summed E-state index contributed by atoms with van der Waals surface area (Å²) in [6, 6.07) is 58.0. The molecule has 0 fully saturated rings. The number of para-hydroxylation sites is 4. The molecule has 0 spiro atoms. The maximum absolute atomic E-state index is 6.51. The van der Waals surface area contributed by atoms with Crippen LogP contribution in [0.15, 0.2) is 173 Å². The van der Waals surface area contributed by atoms with Crippen LogP contribution in [0.2, 0.25) is 0 Å². The molecule has 3 heteroatoms. The number of oxazole rings is 1. The van der Waals surface area contributed by atoms with E-state index in [1.54, 1.807) is 0 Å². The summed E-state index contributed by atoms with van der Waals surface area (Å²) in [4.78, 5) is 4.87. The van der Waals surface area contributed by atoms with Gasteiger partial charge < -0.3 is 8.83 Å². The number of rotatable bonds is 4. The predicted molar refractivity (Wildman–Crippen MR) is 189 cm³/mol. The first-order valence-electron chi connectivity index (χ1n) is 16.0. The van der Waals surface area contributed by atoms with Gasteiger partial charge in [0.2, 0.25) is 5.89 Å². The molecule has 0 N–H and O–H groups in total. The van der Waals surface area contributed by atoms with Crippen molar-refractivity contribution in [2.45, 2.75) is 5.41 Å². The largest absolute Gasteiger partial charge is 0.455 e. The summed E-state index contributed by atoms with van der Waals surface area (Å²) in [5, 5.41) is 2.26. The highest BCUT2D eigenvalue weighted by atomic mass is 16.3. The van der Waals surface area contributed by atoms with E-state index >= 15 is 0 Å². The molecule has 2 heterocycles. The Balaban J connectivity index is 1.27. The Kier molecular flexibility index (Phi) is 5.49. The molecule has 7 aromatic carbocycles. The third kappa shape index (κ3) is 3.71. The van der Waals surface area contributed by atoms with Crippen LogP contribution in [0.3, 0.4) is 0 Å². The zero-order valence-corrected chi connectivity index (χ0v) is 25.4. The van der Waals surface area contributed by atoms with Crippen molar-refractivity contribution in [3.8, 4) is 33.7 Å². The van der Waals surface area contributed by atoms with E-state index in [2.05, 4.69) is 127 Å². The van der Waals surface area contributed by atoms with Crippen LogP contribution in [0.25, 0.3) is 66.7 Å². The lowest BCUT2D eigenvalue weighted by molar-refractivity contribution is 0.619. The van der Waals surface area contributed by atoms with Gasteiger partial charge in [-0.25, -0.2) is 4.98 Å². The van der Waals surface area contributed by atoms with Crippen LogP contribution in [0.4, 0.5) is 0 Å². The molecule has 0 bridgehead atoms. The Bertz CT molecular complexity index is 2560. The van der Waals surface area contributed by atoms with Crippen LogP contribution in [0.1, 0.15) is 22.3 Å². The van der Waals surface area contributed by atoms with E-state index in [0.717, 1.165) is 49.7 Å². The van der Waals surface area contributed by atoms with E-state index in [4.69, 9.17) is 13.8 Å². The fourth-order valence-corrected chi connectivity index (χ4v) is 7.76. The molecule has 47 heavy (non-hydrogen) atoms. The number of aromatic nitrogens is 1. The van der Waals surface area contributed by atoms with Crippen molar-refractivity contribution in [1.82, 2.24) is 4.98 Å². The van der Waals surface area contributed by atoms with Crippen LogP contribution in [-0.4, -0.2) is 4.98 Å². The van der Waals surface area contributed by atoms with Gasteiger partial charge in [-0.15, -0.1) is 0 Å². The Morgan fingerprint density at radius 3 is 1.74 bits per heavy atom. The summed E-state index contributed by atoms with van der Waals surface area (Å²) in [5.74, 6) is 0.622. The van der Waals surface area contributed by atoms with Crippen molar-refractivity contribution in [2.24, 2.45) is 0 Å². The van der Waals surface area contributed by atoms with Crippen LogP contribution >= 0.6 is 0 Å². The van der Waals surface area contributed by atoms with E-state index < -0.39 is 5.41 Å². The van der Waals surface area contributed by atoms with E-state index in [9.17, 15) is 0 Å². The Hall–Kier alpha value is -6.19. The Morgan fingerprint density at radius 2 is 1.02 bits per heavy atom. The lowest BCUT2D eigenvalue weighted by Crippen LogP contribution is -2.28. The van der Waals surface area contributed by atoms with Gasteiger partial charge in [0.1, 0.15) is 16.7 Å². The highest BCUT2D eigenvalue weighted by Crippen LogP contribution is 2.57. The van der Waals surface area contributed by atoms with Gasteiger partial charge in [0.05, 0.1) is 5.41 Å². The number of furan rings is 1. The minimum absolute atomic E-state index is 0.576. The highest BCUT2D eigenvalue weighted by molar-refractivity contribution is 6.09. The Labute approximate surface area is 271 Å². The van der Waals surface area contributed by atoms with Gasteiger partial charge in [-0.05, 0) is 75.3 Å². The highest BCUT2D eigenvalue weighted by Gasteiger charge is 2.46. The number of fused-ring (bicyclic) bond motifs is 7. The molecule has 0 unspecified atom stereocenters. The van der Waals surface area contributed by atoms with E-state index in [-0.39, 0.29) is 0 Å². The van der Waals surface area contributed by atoms with Crippen molar-refractivity contribution < 1.29 is 8.83 Å². The second kappa shape index (κ2) is 9.90. The summed E-state index contributed by atoms with van der Waals surface area (Å²) >= 11 is 0. The van der Waals surface area contributed by atoms with Gasteiger partial charge in [-0.1, -0.05) is 127 Å². The molecule has 0 amide bonds. The molecule has 2 aromatic heterocycles. The quantitative estimate of drug-likeness (QED) is 0.201. The first kappa shape index (κ1) is 26.1. The third-order valence-electron chi connectivity index (χ3n) is 9.81. The van der Waals surface area contributed by atoms with Crippen LogP contribution in [0, 0.1) is 0 Å². The van der Waals surface area contributed by atoms with Gasteiger partial charge in [-0.3, -0.25) is 0 Å². The van der Waals surface area contributed by atoms with Crippen molar-refractivity contribution in [1.29, 1.82) is 0 Å². The van der Waals surface area contributed by atoms with E-state index in [1.165, 1.54) is 33.4 Å². The Morgan fingerprint density at radius 1 is 0.426 bits per heavy atom. The summed E-state index contributed by atoms with van der Waals surface area (Å²) in [7, 11) is 0. The number of hydrogen-bond donors (Lipinski definition) is 0. The van der Waals surface area contributed by atoms with Crippen molar-refractivity contribution in [3.63, 3.8) is 0 Å². The molecule has 220 valence electrons. The molecule has 0 radical (unpaired) electrons.